The lowest BCUT2D eigenvalue weighted by Gasteiger charge is -2.23. The van der Waals surface area contributed by atoms with E-state index < -0.39 is 0 Å². The Hall–Kier alpha value is -2.25. The van der Waals surface area contributed by atoms with Crippen LogP contribution in [0.2, 0.25) is 0 Å². The number of carbonyl (C=O) groups is 1. The minimum atomic E-state index is -0.132. The molecule has 26 heavy (non-hydrogen) atoms. The molecule has 134 valence electrons. The Balaban J connectivity index is 1.75. The third-order valence-electron chi connectivity index (χ3n) is 4.14. The summed E-state index contributed by atoms with van der Waals surface area (Å²) >= 11 is 3.11. The molecular weight excluding hydrogens is 368 g/mol. The van der Waals surface area contributed by atoms with Crippen LogP contribution in [0.5, 0.6) is 11.5 Å². The Morgan fingerprint density at radius 1 is 1.27 bits per heavy atom. The first-order valence-corrected chi connectivity index (χ1v) is 10.2. The number of aromatic nitrogens is 1. The van der Waals surface area contributed by atoms with Crippen molar-refractivity contribution in [2.75, 3.05) is 24.4 Å². The van der Waals surface area contributed by atoms with Gasteiger partial charge >= 0.3 is 0 Å². The van der Waals surface area contributed by atoms with E-state index in [0.29, 0.717) is 17.5 Å². The summed E-state index contributed by atoms with van der Waals surface area (Å²) in [6.45, 7) is 2.55. The molecule has 0 aliphatic carbocycles. The molecule has 1 fully saturated rings. The van der Waals surface area contributed by atoms with Crippen LogP contribution in [0.25, 0.3) is 10.2 Å². The SMILES string of the molecule is CCOc1ccccc1C1SCC(=O)N1c1nc2ccc(OC)cc2s1. The fraction of sp³-hybridized carbons (Fsp3) is 0.263. The Kier molecular flexibility index (Phi) is 4.74. The number of thiazole rings is 1. The summed E-state index contributed by atoms with van der Waals surface area (Å²) in [6, 6.07) is 13.6. The zero-order chi connectivity index (χ0) is 18.1. The molecule has 0 saturated carbocycles. The highest BCUT2D eigenvalue weighted by Crippen LogP contribution is 2.46. The fourth-order valence-electron chi connectivity index (χ4n) is 2.96. The number of para-hydroxylation sites is 1. The number of amides is 1. The van der Waals surface area contributed by atoms with E-state index in [1.807, 2.05) is 49.4 Å². The number of benzene rings is 2. The molecule has 7 heteroatoms. The topological polar surface area (TPSA) is 51.7 Å². The first kappa shape index (κ1) is 17.2. The molecule has 1 amide bonds. The predicted octanol–water partition coefficient (Wildman–Crippen LogP) is 4.48. The predicted molar refractivity (Wildman–Crippen MR) is 106 cm³/mol. The summed E-state index contributed by atoms with van der Waals surface area (Å²) in [5.41, 5.74) is 1.87. The standard InChI is InChI=1S/C19H18N2O3S2/c1-3-24-15-7-5-4-6-13(15)18-21(17(22)11-25-18)19-20-14-9-8-12(23-2)10-16(14)26-19/h4-10,18H,3,11H2,1-2H3. The highest BCUT2D eigenvalue weighted by molar-refractivity contribution is 8.00. The van der Waals surface area contributed by atoms with Crippen molar-refractivity contribution in [3.8, 4) is 11.5 Å². The minimum absolute atomic E-state index is 0.0670. The first-order valence-electron chi connectivity index (χ1n) is 8.31. The summed E-state index contributed by atoms with van der Waals surface area (Å²) in [6.07, 6.45) is 0. The third-order valence-corrected chi connectivity index (χ3v) is 6.35. The molecule has 3 aromatic rings. The molecule has 0 bridgehead atoms. The Morgan fingerprint density at radius 3 is 2.92 bits per heavy atom. The zero-order valence-corrected chi connectivity index (χ0v) is 16.1. The normalized spacial score (nSPS) is 17.1. The number of hydrogen-bond donors (Lipinski definition) is 0. The van der Waals surface area contributed by atoms with Gasteiger partial charge in [-0.2, -0.15) is 0 Å². The van der Waals surface area contributed by atoms with E-state index in [-0.39, 0.29) is 11.3 Å². The van der Waals surface area contributed by atoms with Crippen LogP contribution in [0, 0.1) is 0 Å². The first-order chi connectivity index (χ1) is 12.7. The van der Waals surface area contributed by atoms with E-state index in [0.717, 1.165) is 27.3 Å². The molecule has 1 aliphatic heterocycles. The lowest BCUT2D eigenvalue weighted by molar-refractivity contribution is -0.115. The number of thioether (sulfide) groups is 1. The molecule has 5 nitrogen and oxygen atoms in total. The molecule has 2 aromatic carbocycles. The zero-order valence-electron chi connectivity index (χ0n) is 14.5. The van der Waals surface area contributed by atoms with Gasteiger partial charge in [-0.3, -0.25) is 9.69 Å². The second-order valence-corrected chi connectivity index (χ2v) is 7.81. The Morgan fingerprint density at radius 2 is 2.12 bits per heavy atom. The van der Waals surface area contributed by atoms with Crippen LogP contribution in [-0.2, 0) is 4.79 Å². The van der Waals surface area contributed by atoms with Gasteiger partial charge < -0.3 is 9.47 Å². The van der Waals surface area contributed by atoms with Crippen molar-refractivity contribution in [2.45, 2.75) is 12.3 Å². The number of methoxy groups -OCH3 is 1. The summed E-state index contributed by atoms with van der Waals surface area (Å²) in [5, 5.41) is 0.576. The average Bonchev–Trinajstić information content (AvgIpc) is 3.24. The highest BCUT2D eigenvalue weighted by atomic mass is 32.2. The van der Waals surface area contributed by atoms with Crippen LogP contribution < -0.4 is 14.4 Å². The fourth-order valence-corrected chi connectivity index (χ4v) is 5.24. The molecule has 1 aromatic heterocycles. The quantitative estimate of drug-likeness (QED) is 0.647. The van der Waals surface area contributed by atoms with Gasteiger partial charge in [0, 0.05) is 5.56 Å². The second kappa shape index (κ2) is 7.17. The number of ether oxygens (including phenoxy) is 2. The molecule has 0 spiro atoms. The average molecular weight is 386 g/mol. The molecule has 0 radical (unpaired) electrons. The van der Waals surface area contributed by atoms with Crippen molar-refractivity contribution in [1.29, 1.82) is 0 Å². The monoisotopic (exact) mass is 386 g/mol. The van der Waals surface area contributed by atoms with Gasteiger partial charge in [0.25, 0.3) is 0 Å². The summed E-state index contributed by atoms with van der Waals surface area (Å²) in [4.78, 5) is 19.1. The van der Waals surface area contributed by atoms with Crippen LogP contribution in [-0.4, -0.2) is 30.4 Å². The van der Waals surface area contributed by atoms with Crippen molar-refractivity contribution in [3.05, 3.63) is 48.0 Å². The second-order valence-electron chi connectivity index (χ2n) is 5.73. The van der Waals surface area contributed by atoms with Gasteiger partial charge in [-0.15, -0.1) is 11.8 Å². The molecule has 1 aliphatic rings. The van der Waals surface area contributed by atoms with E-state index in [2.05, 4.69) is 4.98 Å². The summed E-state index contributed by atoms with van der Waals surface area (Å²) < 4.78 is 12.1. The minimum Gasteiger partial charge on any atom is -0.497 e. The lowest BCUT2D eigenvalue weighted by atomic mass is 10.2. The highest BCUT2D eigenvalue weighted by Gasteiger charge is 2.37. The van der Waals surface area contributed by atoms with Crippen molar-refractivity contribution < 1.29 is 14.3 Å². The van der Waals surface area contributed by atoms with Gasteiger partial charge in [0.15, 0.2) is 5.13 Å². The lowest BCUT2D eigenvalue weighted by Crippen LogP contribution is -2.27. The largest absolute Gasteiger partial charge is 0.497 e. The molecule has 1 atom stereocenters. The van der Waals surface area contributed by atoms with Gasteiger partial charge in [-0.1, -0.05) is 29.5 Å². The van der Waals surface area contributed by atoms with Gasteiger partial charge in [0.2, 0.25) is 5.91 Å². The van der Waals surface area contributed by atoms with Crippen molar-refractivity contribution in [3.63, 3.8) is 0 Å². The third kappa shape index (κ3) is 3.01. The van der Waals surface area contributed by atoms with Crippen molar-refractivity contribution in [2.24, 2.45) is 0 Å². The number of hydrogen-bond acceptors (Lipinski definition) is 6. The maximum absolute atomic E-state index is 12.6. The maximum atomic E-state index is 12.6. The van der Waals surface area contributed by atoms with Gasteiger partial charge in [-0.25, -0.2) is 4.98 Å². The number of anilines is 1. The van der Waals surface area contributed by atoms with E-state index >= 15 is 0 Å². The van der Waals surface area contributed by atoms with Crippen LogP contribution in [0.4, 0.5) is 5.13 Å². The molecule has 1 saturated heterocycles. The van der Waals surface area contributed by atoms with Gasteiger partial charge in [0.1, 0.15) is 16.9 Å². The number of rotatable bonds is 5. The number of fused-ring (bicyclic) bond motifs is 1. The molecule has 4 rings (SSSR count). The molecule has 0 N–H and O–H groups in total. The number of carbonyl (C=O) groups excluding carboxylic acids is 1. The van der Waals surface area contributed by atoms with Crippen LogP contribution in [0.1, 0.15) is 17.9 Å². The van der Waals surface area contributed by atoms with Crippen LogP contribution in [0.15, 0.2) is 42.5 Å². The van der Waals surface area contributed by atoms with Crippen LogP contribution >= 0.6 is 23.1 Å². The summed E-state index contributed by atoms with van der Waals surface area (Å²) in [5.74, 6) is 2.10. The summed E-state index contributed by atoms with van der Waals surface area (Å²) in [7, 11) is 1.64. The Bertz CT molecular complexity index is 957. The van der Waals surface area contributed by atoms with E-state index in [9.17, 15) is 4.79 Å². The van der Waals surface area contributed by atoms with Gasteiger partial charge in [0.05, 0.1) is 29.7 Å². The van der Waals surface area contributed by atoms with Crippen molar-refractivity contribution in [1.82, 2.24) is 4.98 Å². The molecule has 2 heterocycles. The van der Waals surface area contributed by atoms with E-state index in [1.165, 1.54) is 11.3 Å². The van der Waals surface area contributed by atoms with E-state index in [4.69, 9.17) is 9.47 Å². The Labute approximate surface area is 159 Å². The number of nitrogens with zero attached hydrogens (tertiary/aromatic N) is 2. The smallest absolute Gasteiger partial charge is 0.240 e. The molecular formula is C19H18N2O3S2. The van der Waals surface area contributed by atoms with Crippen LogP contribution in [0.3, 0.4) is 0 Å². The van der Waals surface area contributed by atoms with E-state index in [1.54, 1.807) is 23.8 Å². The van der Waals surface area contributed by atoms with Gasteiger partial charge in [-0.05, 0) is 31.2 Å². The maximum Gasteiger partial charge on any atom is 0.240 e. The molecule has 1 unspecified atom stereocenters. The van der Waals surface area contributed by atoms with Crippen molar-refractivity contribution >= 4 is 44.4 Å².